The van der Waals surface area contributed by atoms with Crippen molar-refractivity contribution >= 4 is 94.2 Å². The third kappa shape index (κ3) is 8.33. The topological polar surface area (TPSA) is 14.8 Å². The van der Waals surface area contributed by atoms with Crippen LogP contribution >= 0.6 is 0 Å². The molecule has 0 amide bonds. The molecule has 3 aromatic heterocycles. The van der Waals surface area contributed by atoms with Crippen LogP contribution in [0.3, 0.4) is 0 Å². The molecule has 0 saturated heterocycles. The molecule has 4 heteroatoms. The minimum Gasteiger partial charge on any atom is -0.309 e. The van der Waals surface area contributed by atoms with Crippen molar-refractivity contribution in [2.45, 2.75) is 0 Å². The standard InChI is InChI=1S/C84H57N3Si/c1-6-25-58(26-7-1)62-45-48-83-78(55-62)76-40-19-23-44-82(76)85(83)66-46-47-77-75-39-18-22-43-81(75)87(84(77)57-66)68-51-65(50-67(56-68)86-79-41-20-16-37-73(79)74-38-17-21-42-80(74)86)61-31-24-36-71(52-61)88(69-32-12-4-13-33-69,70-34-14-5-15-35-70)72-53-63(59-27-8-2-9-28-59)49-64(54-72)60-29-10-3-11-30-60/h1-57H. The molecule has 0 fully saturated rings. The largest absolute Gasteiger partial charge is 0.309 e. The molecule has 14 aromatic carbocycles. The lowest BCUT2D eigenvalue weighted by atomic mass is 9.99. The van der Waals surface area contributed by atoms with E-state index < -0.39 is 8.07 Å². The molecule has 412 valence electrons. The number of fused-ring (bicyclic) bond motifs is 9. The van der Waals surface area contributed by atoms with E-state index in [9.17, 15) is 0 Å². The van der Waals surface area contributed by atoms with E-state index in [1.807, 2.05) is 0 Å². The first-order chi connectivity index (χ1) is 43.6. The molecule has 0 radical (unpaired) electrons. The normalized spacial score (nSPS) is 11.9. The van der Waals surface area contributed by atoms with Crippen LogP contribution in [0.5, 0.6) is 0 Å². The molecule has 88 heavy (non-hydrogen) atoms. The quantitative estimate of drug-likeness (QED) is 0.0906. The fraction of sp³-hybridized carbons (Fsp3) is 0. The van der Waals surface area contributed by atoms with Crippen LogP contribution in [0, 0.1) is 0 Å². The molecule has 0 aliphatic heterocycles. The highest BCUT2D eigenvalue weighted by molar-refractivity contribution is 7.20. The summed E-state index contributed by atoms with van der Waals surface area (Å²) in [5, 5.41) is 12.6. The van der Waals surface area contributed by atoms with Gasteiger partial charge in [-0.15, -0.1) is 0 Å². The molecule has 3 nitrogen and oxygen atoms in total. The summed E-state index contributed by atoms with van der Waals surface area (Å²) in [6.45, 7) is 0. The monoisotopic (exact) mass is 1140 g/mol. The molecule has 0 saturated carbocycles. The van der Waals surface area contributed by atoms with E-state index in [0.29, 0.717) is 0 Å². The Bertz CT molecular complexity index is 5340. The number of nitrogens with zero attached hydrogens (tertiary/aromatic N) is 3. The number of aromatic nitrogens is 3. The zero-order chi connectivity index (χ0) is 58.1. The number of para-hydroxylation sites is 4. The van der Waals surface area contributed by atoms with E-state index in [-0.39, 0.29) is 0 Å². The highest BCUT2D eigenvalue weighted by Gasteiger charge is 2.42. The third-order valence-electron chi connectivity index (χ3n) is 18.3. The molecule has 0 aliphatic rings. The van der Waals surface area contributed by atoms with Gasteiger partial charge in [-0.05, 0) is 138 Å². The van der Waals surface area contributed by atoms with Gasteiger partial charge in [0.2, 0.25) is 0 Å². The van der Waals surface area contributed by atoms with Gasteiger partial charge in [0.25, 0.3) is 0 Å². The molecule has 0 aliphatic carbocycles. The number of rotatable bonds is 11. The van der Waals surface area contributed by atoms with E-state index in [0.717, 1.165) is 39.2 Å². The lowest BCUT2D eigenvalue weighted by molar-refractivity contribution is 1.13. The Morgan fingerprint density at radius 1 is 0.159 bits per heavy atom. The van der Waals surface area contributed by atoms with Gasteiger partial charge in [-0.3, -0.25) is 0 Å². The lowest BCUT2D eigenvalue weighted by Crippen LogP contribution is -2.74. The summed E-state index contributed by atoms with van der Waals surface area (Å²) in [5.74, 6) is 0. The van der Waals surface area contributed by atoms with Gasteiger partial charge < -0.3 is 13.7 Å². The van der Waals surface area contributed by atoms with Gasteiger partial charge in [0, 0.05) is 49.4 Å². The Hall–Kier alpha value is -11.3. The Balaban J connectivity index is 0.931. The SMILES string of the molecule is c1ccc(-c2cc(-c3ccccc3)cc([Si](c3ccccc3)(c3ccccc3)c3cccc(-c4cc(-n5c6ccccc6c6ccccc65)cc(-n5c6ccccc6c6ccc(-n7c8ccccc8c8cc(-c9ccccc9)ccc87)cc65)c4)c3)c2)cc1. The van der Waals surface area contributed by atoms with E-state index in [2.05, 4.69) is 359 Å². The summed E-state index contributed by atoms with van der Waals surface area (Å²) in [6.07, 6.45) is 0. The van der Waals surface area contributed by atoms with Crippen LogP contribution < -0.4 is 20.7 Å². The van der Waals surface area contributed by atoms with Gasteiger partial charge in [0.15, 0.2) is 8.07 Å². The van der Waals surface area contributed by atoms with Gasteiger partial charge >= 0.3 is 0 Å². The maximum atomic E-state index is 2.54. The van der Waals surface area contributed by atoms with Crippen LogP contribution in [0.25, 0.3) is 127 Å². The van der Waals surface area contributed by atoms with Crippen LogP contribution in [-0.2, 0) is 0 Å². The van der Waals surface area contributed by atoms with Crippen molar-refractivity contribution in [2.75, 3.05) is 0 Å². The minimum atomic E-state index is -3.18. The second-order valence-electron chi connectivity index (χ2n) is 23.2. The first kappa shape index (κ1) is 51.1. The molecule has 0 N–H and O–H groups in total. The first-order valence-corrected chi connectivity index (χ1v) is 32.4. The predicted octanol–water partition coefficient (Wildman–Crippen LogP) is 19.0. The molecule has 17 aromatic rings. The van der Waals surface area contributed by atoms with Crippen LogP contribution in [0.4, 0.5) is 0 Å². The molecule has 17 rings (SSSR count). The molecule has 0 bridgehead atoms. The summed E-state index contributed by atoms with van der Waals surface area (Å²) in [5.41, 5.74) is 19.7. The highest BCUT2D eigenvalue weighted by atomic mass is 28.3. The highest BCUT2D eigenvalue weighted by Crippen LogP contribution is 2.41. The van der Waals surface area contributed by atoms with Gasteiger partial charge in [-0.25, -0.2) is 0 Å². The summed E-state index contributed by atoms with van der Waals surface area (Å²) in [4.78, 5) is 0. The van der Waals surface area contributed by atoms with Gasteiger partial charge in [-0.1, -0.05) is 273 Å². The summed E-state index contributed by atoms with van der Waals surface area (Å²) in [7, 11) is -3.18. The van der Waals surface area contributed by atoms with Crippen LogP contribution in [-0.4, -0.2) is 21.8 Å². The van der Waals surface area contributed by atoms with Crippen LogP contribution in [0.2, 0.25) is 0 Å². The molecule has 0 atom stereocenters. The van der Waals surface area contributed by atoms with E-state index in [1.165, 1.54) is 109 Å². The van der Waals surface area contributed by atoms with Crippen molar-refractivity contribution in [3.63, 3.8) is 0 Å². The minimum absolute atomic E-state index is 1.08. The summed E-state index contributed by atoms with van der Waals surface area (Å²) >= 11 is 0. The second-order valence-corrected chi connectivity index (χ2v) is 27.0. The maximum Gasteiger partial charge on any atom is 0.179 e. The molecule has 0 unspecified atom stereocenters. The zero-order valence-corrected chi connectivity index (χ0v) is 49.3. The average Bonchev–Trinajstić information content (AvgIpc) is 3.48. The summed E-state index contributed by atoms with van der Waals surface area (Å²) in [6, 6.07) is 129. The Kier molecular flexibility index (Phi) is 12.2. The predicted molar refractivity (Wildman–Crippen MR) is 375 cm³/mol. The van der Waals surface area contributed by atoms with E-state index in [4.69, 9.17) is 0 Å². The van der Waals surface area contributed by atoms with Gasteiger partial charge in [0.05, 0.1) is 33.1 Å². The molecular formula is C84H57N3Si. The van der Waals surface area contributed by atoms with Gasteiger partial charge in [-0.2, -0.15) is 0 Å². The average molecular weight is 1140 g/mol. The van der Waals surface area contributed by atoms with E-state index >= 15 is 0 Å². The molecule has 0 spiro atoms. The summed E-state index contributed by atoms with van der Waals surface area (Å²) < 4.78 is 7.46. The Morgan fingerprint density at radius 3 is 1.02 bits per heavy atom. The Labute approximate surface area is 512 Å². The van der Waals surface area contributed by atoms with Crippen LogP contribution in [0.1, 0.15) is 0 Å². The van der Waals surface area contributed by atoms with Gasteiger partial charge in [0.1, 0.15) is 0 Å². The number of hydrogen-bond donors (Lipinski definition) is 0. The molecular weight excluding hydrogens is 1080 g/mol. The smallest absolute Gasteiger partial charge is 0.179 e. The van der Waals surface area contributed by atoms with Crippen molar-refractivity contribution in [1.29, 1.82) is 0 Å². The zero-order valence-electron chi connectivity index (χ0n) is 48.3. The molecule has 3 heterocycles. The van der Waals surface area contributed by atoms with Crippen molar-refractivity contribution in [3.05, 3.63) is 346 Å². The second kappa shape index (κ2) is 21.0. The fourth-order valence-electron chi connectivity index (χ4n) is 14.4. The third-order valence-corrected chi connectivity index (χ3v) is 23.0. The van der Waals surface area contributed by atoms with Crippen molar-refractivity contribution < 1.29 is 0 Å². The van der Waals surface area contributed by atoms with E-state index in [1.54, 1.807) is 0 Å². The number of hydrogen-bond acceptors (Lipinski definition) is 0. The van der Waals surface area contributed by atoms with Crippen molar-refractivity contribution in [2.24, 2.45) is 0 Å². The fourth-order valence-corrected chi connectivity index (χ4v) is 19.3. The van der Waals surface area contributed by atoms with Crippen molar-refractivity contribution in [1.82, 2.24) is 13.7 Å². The first-order valence-electron chi connectivity index (χ1n) is 30.4. The number of benzene rings is 14. The van der Waals surface area contributed by atoms with Crippen molar-refractivity contribution in [3.8, 4) is 61.6 Å². The van der Waals surface area contributed by atoms with Crippen LogP contribution in [0.15, 0.2) is 346 Å². The Morgan fingerprint density at radius 2 is 0.511 bits per heavy atom. The lowest BCUT2D eigenvalue weighted by Gasteiger charge is -2.35. The maximum absolute atomic E-state index is 3.18.